The van der Waals surface area contributed by atoms with Crippen LogP contribution in [0.3, 0.4) is 0 Å². The maximum Gasteiger partial charge on any atom is 0.311 e. The minimum absolute atomic E-state index is 0.810. The van der Waals surface area contributed by atoms with E-state index in [0.29, 0.717) is 0 Å². The highest BCUT2D eigenvalue weighted by atomic mass is 16.4. The van der Waals surface area contributed by atoms with Crippen LogP contribution in [-0.2, 0) is 4.79 Å². The van der Waals surface area contributed by atoms with Crippen LogP contribution in [0.4, 0.5) is 0 Å². The van der Waals surface area contributed by atoms with E-state index in [1.54, 1.807) is 0 Å². The van der Waals surface area contributed by atoms with Crippen molar-refractivity contribution in [3.05, 3.63) is 0 Å². The molecule has 0 heterocycles. The number of hydrogen-bond acceptors (Lipinski definition) is 6. The van der Waals surface area contributed by atoms with Crippen molar-refractivity contribution in [2.45, 2.75) is 18.3 Å². The molecular formula is C7H14O7. The Kier molecular flexibility index (Phi) is 5.58. The third-order valence-electron chi connectivity index (χ3n) is 1.86. The van der Waals surface area contributed by atoms with Gasteiger partial charge >= 0.3 is 5.97 Å². The fourth-order valence-corrected chi connectivity index (χ4v) is 0.906. The minimum Gasteiger partial charge on any atom is -0.481 e. The number of carboxylic acids is 1. The molecule has 7 nitrogen and oxygen atoms in total. The number of aliphatic hydroxyl groups excluding tert-OH is 5. The third kappa shape index (κ3) is 3.20. The molecule has 7 heteroatoms. The SMILES string of the molecule is O=C(O)[C@H](CO)[C@@H](O)[C@H](O)[C@H](O)CO. The zero-order chi connectivity index (χ0) is 11.3. The van der Waals surface area contributed by atoms with Crippen molar-refractivity contribution in [2.75, 3.05) is 13.2 Å². The molecule has 0 bridgehead atoms. The van der Waals surface area contributed by atoms with Crippen molar-refractivity contribution in [3.8, 4) is 0 Å². The second-order valence-corrected chi connectivity index (χ2v) is 2.86. The fourth-order valence-electron chi connectivity index (χ4n) is 0.906. The zero-order valence-corrected chi connectivity index (χ0v) is 7.32. The van der Waals surface area contributed by atoms with Gasteiger partial charge in [-0.05, 0) is 0 Å². The number of hydrogen-bond donors (Lipinski definition) is 6. The molecule has 0 aromatic heterocycles. The van der Waals surface area contributed by atoms with Crippen LogP contribution in [0.1, 0.15) is 0 Å². The first-order chi connectivity index (χ1) is 6.45. The molecule has 0 saturated carbocycles. The number of aliphatic carboxylic acids is 1. The summed E-state index contributed by atoms with van der Waals surface area (Å²) < 4.78 is 0. The van der Waals surface area contributed by atoms with Crippen LogP contribution in [0.15, 0.2) is 0 Å². The molecule has 0 saturated heterocycles. The minimum atomic E-state index is -1.83. The Hall–Kier alpha value is -0.730. The Morgan fingerprint density at radius 1 is 1.00 bits per heavy atom. The molecule has 0 rings (SSSR count). The first kappa shape index (κ1) is 13.3. The van der Waals surface area contributed by atoms with Crippen LogP contribution in [0, 0.1) is 5.92 Å². The average Bonchev–Trinajstić information content (AvgIpc) is 2.15. The normalized spacial score (nSPS) is 19.8. The van der Waals surface area contributed by atoms with E-state index in [9.17, 15) is 9.90 Å². The van der Waals surface area contributed by atoms with E-state index >= 15 is 0 Å². The van der Waals surface area contributed by atoms with Crippen LogP contribution in [0.5, 0.6) is 0 Å². The van der Waals surface area contributed by atoms with Gasteiger partial charge in [-0.3, -0.25) is 4.79 Å². The fraction of sp³-hybridized carbons (Fsp3) is 0.857. The number of aliphatic hydroxyl groups is 5. The van der Waals surface area contributed by atoms with Gasteiger partial charge in [-0.25, -0.2) is 0 Å². The van der Waals surface area contributed by atoms with E-state index in [2.05, 4.69) is 0 Å². The van der Waals surface area contributed by atoms with E-state index in [4.69, 9.17) is 25.5 Å². The summed E-state index contributed by atoms with van der Waals surface area (Å²) in [5, 5.41) is 52.6. The Morgan fingerprint density at radius 3 is 1.79 bits per heavy atom. The summed E-state index contributed by atoms with van der Waals surface area (Å²) in [6, 6.07) is 0. The van der Waals surface area contributed by atoms with E-state index in [1.165, 1.54) is 0 Å². The molecule has 14 heavy (non-hydrogen) atoms. The van der Waals surface area contributed by atoms with Gasteiger partial charge in [-0.1, -0.05) is 0 Å². The second kappa shape index (κ2) is 5.89. The van der Waals surface area contributed by atoms with E-state index in [-0.39, 0.29) is 0 Å². The summed E-state index contributed by atoms with van der Waals surface area (Å²) in [5.41, 5.74) is 0. The Labute approximate surface area is 79.9 Å². The lowest BCUT2D eigenvalue weighted by molar-refractivity contribution is -0.156. The quantitative estimate of drug-likeness (QED) is 0.271. The average molecular weight is 210 g/mol. The lowest BCUT2D eigenvalue weighted by Crippen LogP contribution is -2.46. The molecule has 0 aliphatic rings. The first-order valence-electron chi connectivity index (χ1n) is 3.94. The maximum absolute atomic E-state index is 10.4. The molecule has 4 atom stereocenters. The highest BCUT2D eigenvalue weighted by Crippen LogP contribution is 2.10. The van der Waals surface area contributed by atoms with Crippen LogP contribution in [-0.4, -0.2) is 68.1 Å². The summed E-state index contributed by atoms with van der Waals surface area (Å²) in [4.78, 5) is 10.4. The van der Waals surface area contributed by atoms with Crippen molar-refractivity contribution in [2.24, 2.45) is 5.92 Å². The van der Waals surface area contributed by atoms with Crippen LogP contribution in [0.25, 0.3) is 0 Å². The van der Waals surface area contributed by atoms with Crippen LogP contribution >= 0.6 is 0 Å². The van der Waals surface area contributed by atoms with Gasteiger partial charge in [0.05, 0.1) is 19.3 Å². The molecule has 0 aliphatic heterocycles. The van der Waals surface area contributed by atoms with Crippen LogP contribution < -0.4 is 0 Å². The number of carbonyl (C=O) groups is 1. The third-order valence-corrected chi connectivity index (χ3v) is 1.86. The lowest BCUT2D eigenvalue weighted by atomic mass is 9.96. The van der Waals surface area contributed by atoms with Crippen molar-refractivity contribution in [1.29, 1.82) is 0 Å². The summed E-state index contributed by atoms with van der Waals surface area (Å²) in [6.07, 6.45) is -5.29. The summed E-state index contributed by atoms with van der Waals surface area (Å²) in [7, 11) is 0. The van der Waals surface area contributed by atoms with E-state index in [1.807, 2.05) is 0 Å². The van der Waals surface area contributed by atoms with Gasteiger partial charge < -0.3 is 30.6 Å². The molecule has 0 radical (unpaired) electrons. The first-order valence-corrected chi connectivity index (χ1v) is 3.94. The highest BCUT2D eigenvalue weighted by Gasteiger charge is 2.34. The summed E-state index contributed by atoms with van der Waals surface area (Å²) >= 11 is 0. The van der Waals surface area contributed by atoms with Gasteiger partial charge in [0.1, 0.15) is 18.1 Å². The monoisotopic (exact) mass is 210 g/mol. The largest absolute Gasteiger partial charge is 0.481 e. The van der Waals surface area contributed by atoms with Gasteiger partial charge in [0.2, 0.25) is 0 Å². The van der Waals surface area contributed by atoms with Gasteiger partial charge in [0, 0.05) is 0 Å². The molecule has 0 unspecified atom stereocenters. The zero-order valence-electron chi connectivity index (χ0n) is 7.32. The molecule has 0 aromatic rings. The predicted molar refractivity (Wildman–Crippen MR) is 43.3 cm³/mol. The summed E-state index contributed by atoms with van der Waals surface area (Å²) in [5.74, 6) is -3.09. The Balaban J connectivity index is 4.41. The van der Waals surface area contributed by atoms with Gasteiger partial charge in [0.15, 0.2) is 0 Å². The second-order valence-electron chi connectivity index (χ2n) is 2.86. The molecule has 0 aliphatic carbocycles. The topological polar surface area (TPSA) is 138 Å². The standard InChI is InChI=1S/C7H14O7/c8-1-3(7(13)14)5(11)6(12)4(10)2-9/h3-6,8-12H,1-2H2,(H,13,14)/t3-,4-,5-,6-/m1/s1. The van der Waals surface area contributed by atoms with Crippen molar-refractivity contribution in [3.63, 3.8) is 0 Å². The van der Waals surface area contributed by atoms with Crippen molar-refractivity contribution in [1.82, 2.24) is 0 Å². The van der Waals surface area contributed by atoms with Gasteiger partial charge in [-0.15, -0.1) is 0 Å². The van der Waals surface area contributed by atoms with Gasteiger partial charge in [0.25, 0.3) is 0 Å². The van der Waals surface area contributed by atoms with E-state index in [0.717, 1.165) is 0 Å². The molecule has 0 spiro atoms. The summed E-state index contributed by atoms with van der Waals surface area (Å²) in [6.45, 7) is -1.68. The molecule has 6 N–H and O–H groups in total. The van der Waals surface area contributed by atoms with Crippen molar-refractivity contribution >= 4 is 5.97 Å². The number of rotatable bonds is 6. The van der Waals surface area contributed by atoms with E-state index < -0.39 is 43.4 Å². The van der Waals surface area contributed by atoms with Crippen molar-refractivity contribution < 1.29 is 35.4 Å². The Morgan fingerprint density at radius 2 is 1.50 bits per heavy atom. The molecule has 84 valence electrons. The number of carboxylic acid groups (broad SMARTS) is 1. The van der Waals surface area contributed by atoms with Crippen LogP contribution in [0.2, 0.25) is 0 Å². The highest BCUT2D eigenvalue weighted by molar-refractivity contribution is 5.70. The smallest absolute Gasteiger partial charge is 0.311 e. The molecule has 0 fully saturated rings. The maximum atomic E-state index is 10.4. The lowest BCUT2D eigenvalue weighted by Gasteiger charge is -2.25. The Bertz CT molecular complexity index is 183. The molecular weight excluding hydrogens is 196 g/mol. The molecule has 0 aromatic carbocycles. The van der Waals surface area contributed by atoms with Gasteiger partial charge in [-0.2, -0.15) is 0 Å². The molecule has 0 amide bonds. The predicted octanol–water partition coefficient (Wildman–Crippen LogP) is -3.25.